The van der Waals surface area contributed by atoms with Crippen molar-refractivity contribution < 1.29 is 46.1 Å². The molecule has 2 saturated heterocycles. The molecule has 2 fully saturated rings. The summed E-state index contributed by atoms with van der Waals surface area (Å²) < 4.78 is 65.4. The van der Waals surface area contributed by atoms with E-state index in [4.69, 9.17) is 19.8 Å². The van der Waals surface area contributed by atoms with Gasteiger partial charge in [0.1, 0.15) is 0 Å². The molecule has 36 heavy (non-hydrogen) atoms. The predicted octanol–water partition coefficient (Wildman–Crippen LogP) is 2.65. The number of hydrogen-bond acceptors (Lipinski definition) is 6. The van der Waals surface area contributed by atoms with E-state index in [0.29, 0.717) is 0 Å². The van der Waals surface area contributed by atoms with E-state index in [9.17, 15) is 26.3 Å². The zero-order chi connectivity index (χ0) is 27.1. The summed E-state index contributed by atoms with van der Waals surface area (Å²) in [6.45, 7) is 6.99. The molecule has 4 rings (SSSR count). The minimum absolute atomic E-state index is 0.827. The molecule has 0 bridgehead atoms. The number of aryl methyl sites for hydroxylation is 1. The van der Waals surface area contributed by atoms with E-state index in [0.717, 1.165) is 24.9 Å². The van der Waals surface area contributed by atoms with Crippen LogP contribution in [0.4, 0.5) is 26.3 Å². The van der Waals surface area contributed by atoms with Crippen LogP contribution < -0.4 is 0 Å². The number of aromatic nitrogens is 3. The highest BCUT2D eigenvalue weighted by Crippen LogP contribution is 2.32. The van der Waals surface area contributed by atoms with Crippen LogP contribution in [0.1, 0.15) is 11.1 Å². The van der Waals surface area contributed by atoms with Gasteiger partial charge in [-0.1, -0.05) is 6.07 Å². The van der Waals surface area contributed by atoms with Gasteiger partial charge in [-0.3, -0.25) is 19.5 Å². The summed E-state index contributed by atoms with van der Waals surface area (Å²) in [5, 5.41) is 18.5. The van der Waals surface area contributed by atoms with Crippen LogP contribution in [-0.2, 0) is 29.7 Å². The number of nitrogens with zero attached hydrogens (tertiary/aromatic N) is 5. The number of alkyl halides is 6. The zero-order valence-corrected chi connectivity index (χ0v) is 19.1. The number of pyridine rings is 1. The SMILES string of the molecule is Cn1cc(CN2C[C@H]3CN(Cc4cccnc4)C[C@H]3C2)cn1.O=C(O)C(F)(F)F.O=C(O)C(F)(F)F. The third-order valence-electron chi connectivity index (χ3n) is 5.42. The number of carbonyl (C=O) groups is 2. The minimum Gasteiger partial charge on any atom is -0.475 e. The molecule has 15 heteroatoms. The number of carboxylic acids is 2. The largest absolute Gasteiger partial charge is 0.490 e. The number of carboxylic acid groups (broad SMARTS) is 2. The average Bonchev–Trinajstić information content (AvgIpc) is 3.43. The topological polar surface area (TPSA) is 112 Å². The van der Waals surface area contributed by atoms with Gasteiger partial charge in [0.2, 0.25) is 0 Å². The molecule has 0 aromatic carbocycles. The Labute approximate surface area is 201 Å². The first-order chi connectivity index (χ1) is 16.6. The van der Waals surface area contributed by atoms with Crippen molar-refractivity contribution in [2.45, 2.75) is 25.4 Å². The van der Waals surface area contributed by atoms with Gasteiger partial charge >= 0.3 is 24.3 Å². The number of fused-ring (bicyclic) bond motifs is 1. The van der Waals surface area contributed by atoms with Gasteiger partial charge < -0.3 is 10.2 Å². The van der Waals surface area contributed by atoms with Gasteiger partial charge in [0.25, 0.3) is 0 Å². The third-order valence-corrected chi connectivity index (χ3v) is 5.42. The third kappa shape index (κ3) is 9.45. The molecule has 2 atom stereocenters. The molecule has 2 aromatic heterocycles. The Morgan fingerprint density at radius 3 is 1.67 bits per heavy atom. The molecule has 2 aliphatic rings. The van der Waals surface area contributed by atoms with Crippen LogP contribution in [0, 0.1) is 11.8 Å². The molecule has 0 spiro atoms. The van der Waals surface area contributed by atoms with E-state index in [-0.39, 0.29) is 0 Å². The van der Waals surface area contributed by atoms with Crippen molar-refractivity contribution in [3.63, 3.8) is 0 Å². The number of rotatable bonds is 4. The first-order valence-corrected chi connectivity index (χ1v) is 10.6. The molecule has 0 unspecified atom stereocenters. The first-order valence-electron chi connectivity index (χ1n) is 10.6. The molecular weight excluding hydrogens is 500 g/mol. The number of aliphatic carboxylic acids is 2. The molecule has 200 valence electrons. The van der Waals surface area contributed by atoms with Crippen molar-refractivity contribution in [2.24, 2.45) is 18.9 Å². The fourth-order valence-corrected chi connectivity index (χ4v) is 4.01. The van der Waals surface area contributed by atoms with Crippen molar-refractivity contribution >= 4 is 11.9 Å². The summed E-state index contributed by atoms with van der Waals surface area (Å²) in [7, 11) is 1.98. The van der Waals surface area contributed by atoms with Crippen molar-refractivity contribution in [3.8, 4) is 0 Å². The van der Waals surface area contributed by atoms with Gasteiger partial charge in [0.15, 0.2) is 0 Å². The van der Waals surface area contributed by atoms with Gasteiger partial charge in [0.05, 0.1) is 6.20 Å². The average molecular weight is 525 g/mol. The van der Waals surface area contributed by atoms with Crippen LogP contribution in [0.2, 0.25) is 0 Å². The normalized spacial score (nSPS) is 20.1. The fourth-order valence-electron chi connectivity index (χ4n) is 4.01. The lowest BCUT2D eigenvalue weighted by Gasteiger charge is -2.20. The Bertz CT molecular complexity index is 961. The van der Waals surface area contributed by atoms with Crippen LogP contribution in [-0.4, -0.2) is 85.2 Å². The van der Waals surface area contributed by atoms with E-state index < -0.39 is 24.3 Å². The monoisotopic (exact) mass is 525 g/mol. The highest BCUT2D eigenvalue weighted by Gasteiger charge is 2.40. The standard InChI is InChI=1S/C17H23N5.2C2HF3O2/c1-20-7-15(6-19-20)9-22-12-16-10-21(11-17(16)13-22)8-14-3-2-4-18-5-14;2*3-2(4,5)1(6)7/h2-7,16-17H,8-13H2,1H3;2*(H,6,7)/t16-,17+;;. The maximum atomic E-state index is 10.6. The Morgan fingerprint density at radius 1 is 0.889 bits per heavy atom. The zero-order valence-electron chi connectivity index (χ0n) is 19.1. The van der Waals surface area contributed by atoms with Gasteiger partial charge in [0, 0.05) is 70.5 Å². The molecule has 2 aromatic rings. The van der Waals surface area contributed by atoms with E-state index in [1.807, 2.05) is 36.4 Å². The summed E-state index contributed by atoms with van der Waals surface area (Å²) in [6.07, 6.45) is -2.22. The lowest BCUT2D eigenvalue weighted by molar-refractivity contribution is -0.193. The van der Waals surface area contributed by atoms with Crippen molar-refractivity contribution in [3.05, 3.63) is 48.0 Å². The van der Waals surface area contributed by atoms with Crippen LogP contribution in [0.3, 0.4) is 0 Å². The summed E-state index contributed by atoms with van der Waals surface area (Å²) in [6, 6.07) is 4.21. The lowest BCUT2D eigenvalue weighted by atomic mass is 10.0. The smallest absolute Gasteiger partial charge is 0.475 e. The van der Waals surface area contributed by atoms with Crippen LogP contribution in [0.15, 0.2) is 36.9 Å². The number of hydrogen-bond donors (Lipinski definition) is 2. The maximum absolute atomic E-state index is 10.6. The van der Waals surface area contributed by atoms with Crippen molar-refractivity contribution in [1.82, 2.24) is 24.6 Å². The summed E-state index contributed by atoms with van der Waals surface area (Å²) in [4.78, 5) is 27.2. The molecule has 4 heterocycles. The summed E-state index contributed by atoms with van der Waals surface area (Å²) in [5.74, 6) is -3.86. The summed E-state index contributed by atoms with van der Waals surface area (Å²) >= 11 is 0. The van der Waals surface area contributed by atoms with Crippen LogP contribution >= 0.6 is 0 Å². The number of likely N-dealkylation sites (tertiary alicyclic amines) is 2. The fraction of sp³-hybridized carbons (Fsp3) is 0.524. The molecule has 0 amide bonds. The van der Waals surface area contributed by atoms with E-state index in [1.165, 1.54) is 37.3 Å². The molecule has 9 nitrogen and oxygen atoms in total. The molecule has 0 radical (unpaired) electrons. The lowest BCUT2D eigenvalue weighted by Crippen LogP contribution is -2.28. The molecule has 2 N–H and O–H groups in total. The van der Waals surface area contributed by atoms with E-state index >= 15 is 0 Å². The second-order valence-electron chi connectivity index (χ2n) is 8.40. The first kappa shape index (κ1) is 29.0. The molecular formula is C21H25F6N5O4. The highest BCUT2D eigenvalue weighted by molar-refractivity contribution is 5.73. The maximum Gasteiger partial charge on any atom is 0.490 e. The quantitative estimate of drug-likeness (QED) is 0.587. The van der Waals surface area contributed by atoms with Gasteiger partial charge in [-0.05, 0) is 23.5 Å². The Balaban J connectivity index is 0.000000271. The summed E-state index contributed by atoms with van der Waals surface area (Å²) in [5.41, 5.74) is 2.66. The molecule has 0 aliphatic carbocycles. The molecule has 2 aliphatic heterocycles. The van der Waals surface area contributed by atoms with Gasteiger partial charge in [-0.15, -0.1) is 0 Å². The molecule has 0 saturated carbocycles. The highest BCUT2D eigenvalue weighted by atomic mass is 19.4. The van der Waals surface area contributed by atoms with Crippen molar-refractivity contribution in [1.29, 1.82) is 0 Å². The van der Waals surface area contributed by atoms with Crippen LogP contribution in [0.5, 0.6) is 0 Å². The van der Waals surface area contributed by atoms with Gasteiger partial charge in [-0.25, -0.2) is 9.59 Å². The van der Waals surface area contributed by atoms with Gasteiger partial charge in [-0.2, -0.15) is 31.4 Å². The predicted molar refractivity (Wildman–Crippen MR) is 112 cm³/mol. The van der Waals surface area contributed by atoms with E-state index in [1.54, 1.807) is 0 Å². The second-order valence-corrected chi connectivity index (χ2v) is 8.40. The second kappa shape index (κ2) is 12.2. The Morgan fingerprint density at radius 2 is 1.33 bits per heavy atom. The van der Waals surface area contributed by atoms with Crippen LogP contribution in [0.25, 0.3) is 0 Å². The van der Waals surface area contributed by atoms with E-state index in [2.05, 4.69) is 32.1 Å². The van der Waals surface area contributed by atoms with Crippen molar-refractivity contribution in [2.75, 3.05) is 26.2 Å². The Hall–Kier alpha value is -3.20. The number of halogens is 6. The minimum atomic E-state index is -5.08. The Kier molecular flexibility index (Phi) is 9.81.